The highest BCUT2D eigenvalue weighted by Gasteiger charge is 2.32. The Morgan fingerprint density at radius 3 is 2.00 bits per heavy atom. The van der Waals surface area contributed by atoms with E-state index in [1.165, 1.54) is 12.1 Å². The summed E-state index contributed by atoms with van der Waals surface area (Å²) in [5.74, 6) is 5.59. The summed E-state index contributed by atoms with van der Waals surface area (Å²) in [4.78, 5) is 2.03. The lowest BCUT2D eigenvalue weighted by molar-refractivity contribution is -0.137. The second-order valence-electron chi connectivity index (χ2n) is 5.67. The van der Waals surface area contributed by atoms with Crippen LogP contribution in [-0.2, 0) is 12.6 Å². The van der Waals surface area contributed by atoms with Gasteiger partial charge in [0.2, 0.25) is 0 Å². The molecule has 0 aliphatic carbocycles. The fourth-order valence-corrected chi connectivity index (χ4v) is 1.89. The van der Waals surface area contributed by atoms with Gasteiger partial charge in [0.15, 0.2) is 0 Å². The van der Waals surface area contributed by atoms with Crippen LogP contribution in [0.2, 0.25) is 0 Å². The molecule has 114 valence electrons. The summed E-state index contributed by atoms with van der Waals surface area (Å²) in [5.41, 5.74) is 2.71. The minimum Gasteiger partial charge on any atom is -0.303 e. The van der Waals surface area contributed by atoms with E-state index in [1.54, 1.807) is 0 Å². The standard InChI is InChI=1S/C14H22F3N3/c1-13(2,20(3)4)12(19-18)9-10-5-7-11(8-6-10)14(15,16)17/h5-8,12,19H,9,18H2,1-4H3. The van der Waals surface area contributed by atoms with E-state index in [0.717, 1.165) is 17.7 Å². The average molecular weight is 289 g/mol. The van der Waals surface area contributed by atoms with Crippen LogP contribution >= 0.6 is 0 Å². The first kappa shape index (κ1) is 16.9. The Morgan fingerprint density at radius 2 is 1.65 bits per heavy atom. The second kappa shape index (κ2) is 6.11. The molecular formula is C14H22F3N3. The molecule has 20 heavy (non-hydrogen) atoms. The van der Waals surface area contributed by atoms with Gasteiger partial charge in [-0.3, -0.25) is 11.3 Å². The zero-order valence-corrected chi connectivity index (χ0v) is 12.3. The summed E-state index contributed by atoms with van der Waals surface area (Å²) in [6.45, 7) is 4.06. The molecule has 3 N–H and O–H groups in total. The van der Waals surface area contributed by atoms with Crippen molar-refractivity contribution in [1.29, 1.82) is 0 Å². The molecule has 0 amide bonds. The van der Waals surface area contributed by atoms with Crippen molar-refractivity contribution in [2.75, 3.05) is 14.1 Å². The van der Waals surface area contributed by atoms with E-state index < -0.39 is 11.7 Å². The van der Waals surface area contributed by atoms with Crippen molar-refractivity contribution < 1.29 is 13.2 Å². The first-order chi connectivity index (χ1) is 9.09. The van der Waals surface area contributed by atoms with Gasteiger partial charge in [-0.1, -0.05) is 12.1 Å². The Hall–Kier alpha value is -1.11. The Kier molecular flexibility index (Phi) is 5.18. The molecule has 1 unspecified atom stereocenters. The molecule has 0 bridgehead atoms. The number of nitrogens with zero attached hydrogens (tertiary/aromatic N) is 1. The normalized spacial score (nSPS) is 14.7. The number of rotatable bonds is 5. The summed E-state index contributed by atoms with van der Waals surface area (Å²) < 4.78 is 37.5. The minimum atomic E-state index is -4.30. The monoisotopic (exact) mass is 289 g/mol. The molecule has 0 aliphatic rings. The largest absolute Gasteiger partial charge is 0.416 e. The Bertz CT molecular complexity index is 424. The van der Waals surface area contributed by atoms with Crippen molar-refractivity contribution in [3.8, 4) is 0 Å². The fraction of sp³-hybridized carbons (Fsp3) is 0.571. The highest BCUT2D eigenvalue weighted by Crippen LogP contribution is 2.29. The van der Waals surface area contributed by atoms with Crippen LogP contribution in [0, 0.1) is 0 Å². The molecule has 3 nitrogen and oxygen atoms in total. The molecule has 0 saturated heterocycles. The number of benzene rings is 1. The molecule has 0 radical (unpaired) electrons. The maximum Gasteiger partial charge on any atom is 0.416 e. The predicted octanol–water partition coefficient (Wildman–Crippen LogP) is 2.42. The molecule has 0 aliphatic heterocycles. The third kappa shape index (κ3) is 3.94. The number of hydrogen-bond donors (Lipinski definition) is 2. The molecule has 0 spiro atoms. The summed E-state index contributed by atoms with van der Waals surface area (Å²) in [7, 11) is 3.88. The Balaban J connectivity index is 2.87. The zero-order chi connectivity index (χ0) is 15.6. The van der Waals surface area contributed by atoms with Gasteiger partial charge < -0.3 is 4.90 Å². The maximum absolute atomic E-state index is 12.5. The van der Waals surface area contributed by atoms with E-state index >= 15 is 0 Å². The van der Waals surface area contributed by atoms with Crippen LogP contribution in [0.25, 0.3) is 0 Å². The van der Waals surface area contributed by atoms with Crippen LogP contribution in [0.1, 0.15) is 25.0 Å². The third-order valence-corrected chi connectivity index (χ3v) is 3.93. The van der Waals surface area contributed by atoms with Crippen LogP contribution in [0.15, 0.2) is 24.3 Å². The van der Waals surface area contributed by atoms with Gasteiger partial charge in [-0.15, -0.1) is 0 Å². The first-order valence-corrected chi connectivity index (χ1v) is 6.38. The Morgan fingerprint density at radius 1 is 1.15 bits per heavy atom. The molecule has 0 saturated carbocycles. The zero-order valence-electron chi connectivity index (χ0n) is 12.3. The average Bonchev–Trinajstić information content (AvgIpc) is 2.35. The van der Waals surface area contributed by atoms with Gasteiger partial charge in [0.25, 0.3) is 0 Å². The van der Waals surface area contributed by atoms with Crippen LogP contribution in [0.5, 0.6) is 0 Å². The molecule has 6 heteroatoms. The van der Waals surface area contributed by atoms with Gasteiger partial charge in [-0.05, 0) is 52.1 Å². The van der Waals surface area contributed by atoms with Gasteiger partial charge in [-0.25, -0.2) is 0 Å². The number of alkyl halides is 3. The second-order valence-corrected chi connectivity index (χ2v) is 5.67. The molecule has 0 fully saturated rings. The van der Waals surface area contributed by atoms with Gasteiger partial charge in [0.05, 0.1) is 5.56 Å². The highest BCUT2D eigenvalue weighted by molar-refractivity contribution is 5.25. The molecule has 1 atom stereocenters. The molecule has 1 rings (SSSR count). The molecule has 0 aromatic heterocycles. The van der Waals surface area contributed by atoms with Crippen molar-refractivity contribution in [2.24, 2.45) is 5.84 Å². The number of hydrazine groups is 1. The number of likely N-dealkylation sites (N-methyl/N-ethyl adjacent to an activating group) is 1. The van der Waals surface area contributed by atoms with Gasteiger partial charge in [0.1, 0.15) is 0 Å². The van der Waals surface area contributed by atoms with Crippen molar-refractivity contribution in [3.05, 3.63) is 35.4 Å². The SMILES string of the molecule is CN(C)C(C)(C)C(Cc1ccc(C(F)(F)F)cc1)NN. The Labute approximate surface area is 117 Å². The van der Waals surface area contributed by atoms with E-state index in [9.17, 15) is 13.2 Å². The van der Waals surface area contributed by atoms with Crippen LogP contribution in [0.3, 0.4) is 0 Å². The fourth-order valence-electron chi connectivity index (χ4n) is 1.89. The molecule has 1 aromatic rings. The van der Waals surface area contributed by atoms with Crippen molar-refractivity contribution in [3.63, 3.8) is 0 Å². The van der Waals surface area contributed by atoms with Crippen molar-refractivity contribution >= 4 is 0 Å². The maximum atomic E-state index is 12.5. The number of nitrogens with two attached hydrogens (primary N) is 1. The molecular weight excluding hydrogens is 267 g/mol. The lowest BCUT2D eigenvalue weighted by atomic mass is 9.88. The van der Waals surface area contributed by atoms with Crippen molar-refractivity contribution in [1.82, 2.24) is 10.3 Å². The van der Waals surface area contributed by atoms with Crippen LogP contribution in [0.4, 0.5) is 13.2 Å². The molecule has 0 heterocycles. The lowest BCUT2D eigenvalue weighted by Crippen LogP contribution is -2.58. The topological polar surface area (TPSA) is 41.3 Å². The van der Waals surface area contributed by atoms with Gasteiger partial charge >= 0.3 is 6.18 Å². The summed E-state index contributed by atoms with van der Waals surface area (Å²) in [6.07, 6.45) is -3.74. The van der Waals surface area contributed by atoms with Gasteiger partial charge in [0, 0.05) is 11.6 Å². The van der Waals surface area contributed by atoms with E-state index in [-0.39, 0.29) is 11.6 Å². The third-order valence-electron chi connectivity index (χ3n) is 3.93. The summed E-state index contributed by atoms with van der Waals surface area (Å²) in [5, 5.41) is 0. The van der Waals surface area contributed by atoms with E-state index in [1.807, 2.05) is 32.8 Å². The minimum absolute atomic E-state index is 0.0748. The van der Waals surface area contributed by atoms with Crippen molar-refractivity contribution in [2.45, 2.75) is 38.0 Å². The smallest absolute Gasteiger partial charge is 0.303 e. The number of halogens is 3. The summed E-state index contributed by atoms with van der Waals surface area (Å²) in [6, 6.07) is 5.13. The first-order valence-electron chi connectivity index (χ1n) is 6.38. The number of nitrogens with one attached hydrogen (secondary N) is 1. The van der Waals surface area contributed by atoms with E-state index in [2.05, 4.69) is 5.43 Å². The van der Waals surface area contributed by atoms with Crippen LogP contribution in [-0.4, -0.2) is 30.6 Å². The van der Waals surface area contributed by atoms with E-state index in [0.29, 0.717) is 6.42 Å². The van der Waals surface area contributed by atoms with E-state index in [4.69, 9.17) is 5.84 Å². The highest BCUT2D eigenvalue weighted by atomic mass is 19.4. The number of hydrogen-bond acceptors (Lipinski definition) is 3. The van der Waals surface area contributed by atoms with Gasteiger partial charge in [-0.2, -0.15) is 13.2 Å². The lowest BCUT2D eigenvalue weighted by Gasteiger charge is -2.40. The van der Waals surface area contributed by atoms with Crippen LogP contribution < -0.4 is 11.3 Å². The quantitative estimate of drug-likeness (QED) is 0.646. The molecule has 1 aromatic carbocycles. The predicted molar refractivity (Wildman–Crippen MR) is 74.0 cm³/mol. The summed E-state index contributed by atoms with van der Waals surface area (Å²) >= 11 is 0.